The van der Waals surface area contributed by atoms with Crippen LogP contribution >= 0.6 is 11.8 Å². The number of thioether (sulfide) groups is 1. The summed E-state index contributed by atoms with van der Waals surface area (Å²) in [6, 6.07) is 5.34. The molecular weight excluding hydrogens is 242 g/mol. The van der Waals surface area contributed by atoms with E-state index >= 15 is 0 Å². The number of hydrogen-bond donors (Lipinski definition) is 1. The molecule has 0 saturated carbocycles. The van der Waals surface area contributed by atoms with E-state index in [2.05, 4.69) is 5.32 Å². The molecule has 2 amide bonds. The highest BCUT2D eigenvalue weighted by atomic mass is 32.2. The van der Waals surface area contributed by atoms with E-state index in [4.69, 9.17) is 9.47 Å². The summed E-state index contributed by atoms with van der Waals surface area (Å²) in [6.45, 7) is 0.211. The van der Waals surface area contributed by atoms with Gasteiger partial charge in [-0.1, -0.05) is 6.07 Å². The van der Waals surface area contributed by atoms with Crippen molar-refractivity contribution in [3.63, 3.8) is 0 Å². The minimum absolute atomic E-state index is 0.211. The van der Waals surface area contributed by atoms with Crippen LogP contribution in [0.25, 0.3) is 6.08 Å². The number of imide groups is 1. The summed E-state index contributed by atoms with van der Waals surface area (Å²) < 4.78 is 10.4. The molecule has 6 heteroatoms. The van der Waals surface area contributed by atoms with Crippen molar-refractivity contribution in [3.8, 4) is 11.5 Å². The zero-order valence-electron chi connectivity index (χ0n) is 8.56. The molecule has 5 nitrogen and oxygen atoms in total. The lowest BCUT2D eigenvalue weighted by Crippen LogP contribution is -2.17. The van der Waals surface area contributed by atoms with Gasteiger partial charge in [-0.25, -0.2) is 0 Å². The zero-order chi connectivity index (χ0) is 11.8. The third-order valence-corrected chi connectivity index (χ3v) is 3.15. The van der Waals surface area contributed by atoms with E-state index in [1.54, 1.807) is 24.3 Å². The van der Waals surface area contributed by atoms with Gasteiger partial charge in [0.2, 0.25) is 6.79 Å². The molecule has 0 bridgehead atoms. The molecule has 0 atom stereocenters. The molecular formula is C11H7NO4S. The normalized spacial score (nSPS) is 19.9. The van der Waals surface area contributed by atoms with Crippen LogP contribution in [0.15, 0.2) is 23.1 Å². The van der Waals surface area contributed by atoms with Crippen LogP contribution in [-0.4, -0.2) is 17.9 Å². The second-order valence-corrected chi connectivity index (χ2v) is 4.48. The van der Waals surface area contributed by atoms with Gasteiger partial charge in [0.25, 0.3) is 11.1 Å². The number of nitrogens with one attached hydrogen (secondary N) is 1. The largest absolute Gasteiger partial charge is 0.454 e. The maximum Gasteiger partial charge on any atom is 0.290 e. The standard InChI is InChI=1S/C11H7NO4S/c13-10-9(17-11(14)12-10)4-6-1-2-7-8(3-6)16-5-15-7/h1-4H,5H2,(H,12,13,14)/b9-4+. The number of carbonyl (C=O) groups is 2. The predicted octanol–water partition coefficient (Wildman–Crippen LogP) is 1.74. The maximum absolute atomic E-state index is 11.3. The predicted molar refractivity (Wildman–Crippen MR) is 61.7 cm³/mol. The third-order valence-electron chi connectivity index (χ3n) is 2.34. The molecule has 1 aromatic rings. The van der Waals surface area contributed by atoms with E-state index in [0.717, 1.165) is 17.3 Å². The van der Waals surface area contributed by atoms with Gasteiger partial charge in [0, 0.05) is 0 Å². The van der Waals surface area contributed by atoms with E-state index < -0.39 is 0 Å². The first-order chi connectivity index (χ1) is 8.22. The van der Waals surface area contributed by atoms with Crippen LogP contribution in [0.2, 0.25) is 0 Å². The number of ether oxygens (including phenoxy) is 2. The Morgan fingerprint density at radius 3 is 2.82 bits per heavy atom. The van der Waals surface area contributed by atoms with E-state index in [1.807, 2.05) is 0 Å². The Kier molecular flexibility index (Phi) is 2.29. The number of rotatable bonds is 1. The fourth-order valence-electron chi connectivity index (χ4n) is 1.58. The van der Waals surface area contributed by atoms with Crippen molar-refractivity contribution in [3.05, 3.63) is 28.7 Å². The van der Waals surface area contributed by atoms with E-state index in [9.17, 15) is 9.59 Å². The van der Waals surface area contributed by atoms with Gasteiger partial charge in [-0.05, 0) is 35.5 Å². The molecule has 3 rings (SSSR count). The molecule has 1 N–H and O–H groups in total. The Morgan fingerprint density at radius 1 is 1.24 bits per heavy atom. The molecule has 1 saturated heterocycles. The van der Waals surface area contributed by atoms with Crippen molar-refractivity contribution < 1.29 is 19.1 Å². The Hall–Kier alpha value is -1.95. The van der Waals surface area contributed by atoms with E-state index in [1.165, 1.54) is 0 Å². The number of benzene rings is 1. The minimum atomic E-state index is -0.363. The Bertz CT molecular complexity index is 552. The maximum atomic E-state index is 11.3. The van der Waals surface area contributed by atoms with Gasteiger partial charge in [0.1, 0.15) is 0 Å². The molecule has 1 aromatic carbocycles. The molecule has 2 heterocycles. The molecule has 0 radical (unpaired) electrons. The second-order valence-electron chi connectivity index (χ2n) is 3.46. The van der Waals surface area contributed by atoms with Gasteiger partial charge in [0.15, 0.2) is 11.5 Å². The SMILES string of the molecule is O=C1NC(=O)/C(=C\c2ccc3c(c2)OCO3)S1. The average Bonchev–Trinajstić information content (AvgIpc) is 2.85. The van der Waals surface area contributed by atoms with Crippen LogP contribution in [0, 0.1) is 0 Å². The molecule has 17 heavy (non-hydrogen) atoms. The zero-order valence-corrected chi connectivity index (χ0v) is 9.37. The van der Waals surface area contributed by atoms with Crippen LogP contribution < -0.4 is 14.8 Å². The fourth-order valence-corrected chi connectivity index (χ4v) is 2.26. The second kappa shape index (κ2) is 3.81. The van der Waals surface area contributed by atoms with Gasteiger partial charge in [0.05, 0.1) is 4.91 Å². The van der Waals surface area contributed by atoms with Gasteiger partial charge < -0.3 is 9.47 Å². The van der Waals surface area contributed by atoms with Gasteiger partial charge in [-0.3, -0.25) is 14.9 Å². The topological polar surface area (TPSA) is 64.6 Å². The quantitative estimate of drug-likeness (QED) is 0.768. The summed E-state index contributed by atoms with van der Waals surface area (Å²) >= 11 is 0.891. The Balaban J connectivity index is 1.93. The lowest BCUT2D eigenvalue weighted by Gasteiger charge is -1.98. The highest BCUT2D eigenvalue weighted by Gasteiger charge is 2.25. The van der Waals surface area contributed by atoms with Crippen molar-refractivity contribution in [2.45, 2.75) is 0 Å². The number of fused-ring (bicyclic) bond motifs is 1. The highest BCUT2D eigenvalue weighted by Crippen LogP contribution is 2.34. The van der Waals surface area contributed by atoms with Crippen molar-refractivity contribution >= 4 is 29.0 Å². The van der Waals surface area contributed by atoms with Crippen molar-refractivity contribution in [2.24, 2.45) is 0 Å². The molecule has 0 aliphatic carbocycles. The van der Waals surface area contributed by atoms with Gasteiger partial charge in [-0.15, -0.1) is 0 Å². The first kappa shape index (κ1) is 10.2. The third kappa shape index (κ3) is 1.87. The summed E-state index contributed by atoms with van der Waals surface area (Å²) in [6.07, 6.45) is 1.65. The van der Waals surface area contributed by atoms with Crippen LogP contribution in [-0.2, 0) is 4.79 Å². The number of amides is 2. The number of hydrogen-bond acceptors (Lipinski definition) is 5. The Morgan fingerprint density at radius 2 is 2.06 bits per heavy atom. The van der Waals surface area contributed by atoms with Crippen molar-refractivity contribution in [1.29, 1.82) is 0 Å². The molecule has 86 valence electrons. The highest BCUT2D eigenvalue weighted by molar-refractivity contribution is 8.18. The first-order valence-electron chi connectivity index (χ1n) is 4.87. The van der Waals surface area contributed by atoms with E-state index in [-0.39, 0.29) is 17.9 Å². The van der Waals surface area contributed by atoms with Crippen molar-refractivity contribution in [2.75, 3.05) is 6.79 Å². The van der Waals surface area contributed by atoms with Crippen LogP contribution in [0.4, 0.5) is 4.79 Å². The fraction of sp³-hybridized carbons (Fsp3) is 0.0909. The van der Waals surface area contributed by atoms with Crippen LogP contribution in [0.1, 0.15) is 5.56 Å². The molecule has 0 aromatic heterocycles. The van der Waals surface area contributed by atoms with Gasteiger partial charge >= 0.3 is 0 Å². The van der Waals surface area contributed by atoms with E-state index in [0.29, 0.717) is 16.4 Å². The molecule has 1 fully saturated rings. The summed E-state index contributed by atoms with van der Waals surface area (Å²) in [5.74, 6) is 0.971. The molecule has 0 spiro atoms. The van der Waals surface area contributed by atoms with Crippen molar-refractivity contribution in [1.82, 2.24) is 5.32 Å². The monoisotopic (exact) mass is 249 g/mol. The van der Waals surface area contributed by atoms with Gasteiger partial charge in [-0.2, -0.15) is 0 Å². The summed E-state index contributed by atoms with van der Waals surface area (Å²) in [7, 11) is 0. The van der Waals surface area contributed by atoms with Crippen LogP contribution in [0.3, 0.4) is 0 Å². The average molecular weight is 249 g/mol. The molecule has 2 aliphatic rings. The number of carbonyl (C=O) groups excluding carboxylic acids is 2. The van der Waals surface area contributed by atoms with Crippen LogP contribution in [0.5, 0.6) is 11.5 Å². The lowest BCUT2D eigenvalue weighted by atomic mass is 10.2. The first-order valence-corrected chi connectivity index (χ1v) is 5.68. The summed E-state index contributed by atoms with van der Waals surface area (Å²) in [5, 5.41) is 1.85. The smallest absolute Gasteiger partial charge is 0.290 e. The molecule has 0 unspecified atom stereocenters. The summed E-state index contributed by atoms with van der Waals surface area (Å²) in [5.41, 5.74) is 0.793. The Labute approximate surface area is 101 Å². The lowest BCUT2D eigenvalue weighted by molar-refractivity contribution is -0.115. The molecule has 2 aliphatic heterocycles. The minimum Gasteiger partial charge on any atom is -0.454 e. The summed E-state index contributed by atoms with van der Waals surface area (Å²) in [4.78, 5) is 22.7.